The topological polar surface area (TPSA) is 63.1 Å². The van der Waals surface area contributed by atoms with Crippen LogP contribution in [0.4, 0.5) is 5.69 Å². The molecule has 0 spiro atoms. The van der Waals surface area contributed by atoms with Crippen molar-refractivity contribution in [2.45, 2.75) is 45.1 Å². The number of fused-ring (bicyclic) bond motifs is 1. The summed E-state index contributed by atoms with van der Waals surface area (Å²) in [6.45, 7) is 4.70. The van der Waals surface area contributed by atoms with E-state index in [1.807, 2.05) is 34.7 Å². The van der Waals surface area contributed by atoms with E-state index >= 15 is 0 Å². The Hall–Kier alpha value is -1.92. The molecule has 7 heteroatoms. The molecule has 1 amide bonds. The Morgan fingerprint density at radius 1 is 1.19 bits per heavy atom. The largest absolute Gasteiger partial charge is 0.317 e. The SMILES string of the molecule is Cc1c(C(=O)N2CCCCc3ccccc32)nnn1C1CCNCC1.Cl. The van der Waals surface area contributed by atoms with Crippen LogP contribution in [-0.4, -0.2) is 40.5 Å². The van der Waals surface area contributed by atoms with E-state index in [0.717, 1.165) is 63.1 Å². The lowest BCUT2D eigenvalue weighted by atomic mass is 10.1. The van der Waals surface area contributed by atoms with Gasteiger partial charge in [-0.15, -0.1) is 17.5 Å². The first-order chi connectivity index (χ1) is 12.3. The number of amides is 1. The van der Waals surface area contributed by atoms with E-state index in [0.29, 0.717) is 11.7 Å². The third-order valence-corrected chi connectivity index (χ3v) is 5.39. The molecule has 2 aromatic rings. The smallest absolute Gasteiger partial charge is 0.280 e. The monoisotopic (exact) mass is 375 g/mol. The number of carbonyl (C=O) groups excluding carboxylic acids is 1. The first kappa shape index (κ1) is 18.9. The highest BCUT2D eigenvalue weighted by Gasteiger charge is 2.28. The van der Waals surface area contributed by atoms with Crippen LogP contribution in [0.1, 0.15) is 53.5 Å². The predicted molar refractivity (Wildman–Crippen MR) is 104 cm³/mol. The van der Waals surface area contributed by atoms with Gasteiger partial charge in [0.15, 0.2) is 5.69 Å². The van der Waals surface area contributed by atoms with E-state index < -0.39 is 0 Å². The number of nitrogens with zero attached hydrogens (tertiary/aromatic N) is 4. The van der Waals surface area contributed by atoms with Crippen molar-refractivity contribution in [3.63, 3.8) is 0 Å². The molecule has 6 nitrogen and oxygen atoms in total. The summed E-state index contributed by atoms with van der Waals surface area (Å²) in [5.41, 5.74) is 3.66. The number of aromatic nitrogens is 3. The van der Waals surface area contributed by atoms with E-state index in [2.05, 4.69) is 21.7 Å². The number of hydrogen-bond donors (Lipinski definition) is 1. The van der Waals surface area contributed by atoms with Crippen molar-refractivity contribution in [2.75, 3.05) is 24.5 Å². The van der Waals surface area contributed by atoms with Crippen LogP contribution in [0.3, 0.4) is 0 Å². The summed E-state index contributed by atoms with van der Waals surface area (Å²) in [4.78, 5) is 15.1. The Kier molecular flexibility index (Phi) is 5.94. The summed E-state index contributed by atoms with van der Waals surface area (Å²) in [6.07, 6.45) is 5.22. The molecule has 0 bridgehead atoms. The number of nitrogens with one attached hydrogen (secondary N) is 1. The van der Waals surface area contributed by atoms with Gasteiger partial charge in [-0.1, -0.05) is 23.4 Å². The second-order valence-electron chi connectivity index (χ2n) is 6.99. The minimum atomic E-state index is -0.0213. The standard InChI is InChI=1S/C19H25N5O.ClH/c1-14-18(21-22-24(14)16-9-11-20-12-10-16)19(25)23-13-5-4-7-15-6-2-3-8-17(15)23;/h2-3,6,8,16,20H,4-5,7,9-13H2,1H3;1H. The zero-order valence-electron chi connectivity index (χ0n) is 15.1. The third kappa shape index (κ3) is 3.48. The Balaban J connectivity index is 0.00000196. The number of rotatable bonds is 2. The number of anilines is 1. The molecule has 1 N–H and O–H groups in total. The number of piperidine rings is 1. The number of hydrogen-bond acceptors (Lipinski definition) is 4. The van der Waals surface area contributed by atoms with Gasteiger partial charge in [-0.2, -0.15) is 0 Å². The average Bonchev–Trinajstić information content (AvgIpc) is 2.90. The molecule has 0 radical (unpaired) electrons. The van der Waals surface area contributed by atoms with Gasteiger partial charge in [-0.25, -0.2) is 4.68 Å². The van der Waals surface area contributed by atoms with Crippen molar-refractivity contribution in [3.8, 4) is 0 Å². The minimum Gasteiger partial charge on any atom is -0.317 e. The molecule has 0 unspecified atom stereocenters. The molecule has 2 aliphatic rings. The molecular weight excluding hydrogens is 350 g/mol. The molecule has 1 aromatic carbocycles. The highest BCUT2D eigenvalue weighted by molar-refractivity contribution is 6.05. The van der Waals surface area contributed by atoms with Crippen molar-refractivity contribution in [1.29, 1.82) is 0 Å². The molecule has 140 valence electrons. The van der Waals surface area contributed by atoms with Crippen LogP contribution in [0.15, 0.2) is 24.3 Å². The fraction of sp³-hybridized carbons (Fsp3) is 0.526. The summed E-state index contributed by atoms with van der Waals surface area (Å²) in [7, 11) is 0. The van der Waals surface area contributed by atoms with Crippen LogP contribution >= 0.6 is 12.4 Å². The quantitative estimate of drug-likeness (QED) is 0.876. The van der Waals surface area contributed by atoms with Crippen LogP contribution in [0.25, 0.3) is 0 Å². The molecular formula is C19H26ClN5O. The van der Waals surface area contributed by atoms with Crippen molar-refractivity contribution < 1.29 is 4.79 Å². The van der Waals surface area contributed by atoms with Gasteiger partial charge in [-0.3, -0.25) is 4.79 Å². The van der Waals surface area contributed by atoms with Gasteiger partial charge < -0.3 is 10.2 Å². The van der Waals surface area contributed by atoms with Gasteiger partial charge in [0, 0.05) is 12.2 Å². The van der Waals surface area contributed by atoms with E-state index in [-0.39, 0.29) is 18.3 Å². The zero-order valence-corrected chi connectivity index (χ0v) is 16.0. The predicted octanol–water partition coefficient (Wildman–Crippen LogP) is 2.92. The molecule has 4 rings (SSSR count). The van der Waals surface area contributed by atoms with Crippen molar-refractivity contribution in [3.05, 3.63) is 41.2 Å². The average molecular weight is 376 g/mol. The number of benzene rings is 1. The zero-order chi connectivity index (χ0) is 17.2. The molecule has 1 aromatic heterocycles. The fourth-order valence-electron chi connectivity index (χ4n) is 3.97. The van der Waals surface area contributed by atoms with Gasteiger partial charge in [0.05, 0.1) is 11.7 Å². The lowest BCUT2D eigenvalue weighted by molar-refractivity contribution is 0.0981. The third-order valence-electron chi connectivity index (χ3n) is 5.39. The second kappa shape index (κ2) is 8.18. The van der Waals surface area contributed by atoms with Crippen molar-refractivity contribution >= 4 is 24.0 Å². The number of aryl methyl sites for hydroxylation is 1. The Morgan fingerprint density at radius 2 is 1.96 bits per heavy atom. The summed E-state index contributed by atoms with van der Waals surface area (Å²) >= 11 is 0. The maximum Gasteiger partial charge on any atom is 0.280 e. The fourth-order valence-corrected chi connectivity index (χ4v) is 3.97. The Bertz CT molecular complexity index is 769. The maximum absolute atomic E-state index is 13.2. The summed E-state index contributed by atoms with van der Waals surface area (Å²) < 4.78 is 1.96. The normalized spacial score (nSPS) is 18.0. The van der Waals surface area contributed by atoms with Gasteiger partial charge >= 0.3 is 0 Å². The van der Waals surface area contributed by atoms with Gasteiger partial charge in [0.2, 0.25) is 0 Å². The van der Waals surface area contributed by atoms with Crippen molar-refractivity contribution in [1.82, 2.24) is 20.3 Å². The molecule has 0 atom stereocenters. The van der Waals surface area contributed by atoms with Gasteiger partial charge in [0.1, 0.15) is 0 Å². The van der Waals surface area contributed by atoms with Crippen LogP contribution in [-0.2, 0) is 6.42 Å². The van der Waals surface area contributed by atoms with Crippen LogP contribution in [0.5, 0.6) is 0 Å². The molecule has 2 aliphatic heterocycles. The van der Waals surface area contributed by atoms with Gasteiger partial charge in [0.25, 0.3) is 5.91 Å². The molecule has 1 saturated heterocycles. The Labute approximate surface area is 160 Å². The van der Waals surface area contributed by atoms with E-state index in [1.54, 1.807) is 0 Å². The molecule has 1 fully saturated rings. The highest BCUT2D eigenvalue weighted by Crippen LogP contribution is 2.28. The van der Waals surface area contributed by atoms with Crippen LogP contribution in [0, 0.1) is 6.92 Å². The van der Waals surface area contributed by atoms with E-state index in [1.165, 1.54) is 5.56 Å². The van der Waals surface area contributed by atoms with Gasteiger partial charge in [-0.05, 0) is 63.7 Å². The lowest BCUT2D eigenvalue weighted by Gasteiger charge is -2.24. The molecule has 3 heterocycles. The first-order valence-electron chi connectivity index (χ1n) is 9.28. The highest BCUT2D eigenvalue weighted by atomic mass is 35.5. The maximum atomic E-state index is 13.2. The van der Waals surface area contributed by atoms with E-state index in [4.69, 9.17) is 0 Å². The minimum absolute atomic E-state index is 0. The molecule has 0 saturated carbocycles. The summed E-state index contributed by atoms with van der Waals surface area (Å²) in [5.74, 6) is -0.0213. The lowest BCUT2D eigenvalue weighted by Crippen LogP contribution is -2.33. The first-order valence-corrected chi connectivity index (χ1v) is 9.28. The number of carbonyl (C=O) groups is 1. The summed E-state index contributed by atoms with van der Waals surface area (Å²) in [6, 6.07) is 8.56. The molecule has 0 aliphatic carbocycles. The molecule has 26 heavy (non-hydrogen) atoms. The van der Waals surface area contributed by atoms with Crippen LogP contribution < -0.4 is 10.2 Å². The number of halogens is 1. The van der Waals surface area contributed by atoms with Crippen molar-refractivity contribution in [2.24, 2.45) is 0 Å². The van der Waals surface area contributed by atoms with Crippen LogP contribution in [0.2, 0.25) is 0 Å². The number of para-hydroxylation sites is 1. The van der Waals surface area contributed by atoms with E-state index in [9.17, 15) is 4.79 Å². The Morgan fingerprint density at radius 3 is 2.77 bits per heavy atom. The summed E-state index contributed by atoms with van der Waals surface area (Å²) in [5, 5.41) is 12.0. The second-order valence-corrected chi connectivity index (χ2v) is 6.99.